The van der Waals surface area contributed by atoms with Gasteiger partial charge < -0.3 is 10.2 Å². The van der Waals surface area contributed by atoms with E-state index in [0.717, 1.165) is 4.88 Å². The van der Waals surface area contributed by atoms with Crippen LogP contribution in [0.4, 0.5) is 4.39 Å². The van der Waals surface area contributed by atoms with Crippen molar-refractivity contribution >= 4 is 23.2 Å². The molecule has 0 radical (unpaired) electrons. The van der Waals surface area contributed by atoms with E-state index in [0.29, 0.717) is 38.0 Å². The zero-order valence-electron chi connectivity index (χ0n) is 13.6. The summed E-state index contributed by atoms with van der Waals surface area (Å²) in [5.41, 5.74) is 0.588. The second kappa shape index (κ2) is 9.17. The Bertz CT molecular complexity index is 673. The van der Waals surface area contributed by atoms with Crippen LogP contribution in [0.2, 0.25) is 0 Å². The molecule has 0 aliphatic rings. The van der Waals surface area contributed by atoms with Crippen molar-refractivity contribution in [3.63, 3.8) is 0 Å². The minimum Gasteiger partial charge on any atom is -0.354 e. The van der Waals surface area contributed by atoms with Gasteiger partial charge in [-0.05, 0) is 29.5 Å². The maximum Gasteiger partial charge on any atom is 0.225 e. The summed E-state index contributed by atoms with van der Waals surface area (Å²) in [4.78, 5) is 26.2. The first-order valence-corrected chi connectivity index (χ1v) is 8.72. The SMILES string of the molecule is CC(=O)N(CCNC(=O)Cc1cccs1)CCc1ccccc1F. The molecule has 0 aliphatic heterocycles. The van der Waals surface area contributed by atoms with E-state index in [1.807, 2.05) is 17.5 Å². The van der Waals surface area contributed by atoms with E-state index in [1.54, 1.807) is 34.4 Å². The molecule has 0 aliphatic carbocycles. The maximum absolute atomic E-state index is 13.6. The van der Waals surface area contributed by atoms with Gasteiger partial charge in [0.15, 0.2) is 0 Å². The van der Waals surface area contributed by atoms with Crippen LogP contribution in [0.1, 0.15) is 17.4 Å². The number of hydrogen-bond acceptors (Lipinski definition) is 3. The standard InChI is InChI=1S/C18H21FN2O2S/c1-14(22)21(10-8-15-5-2-3-7-17(15)19)11-9-20-18(23)13-16-6-4-12-24-16/h2-7,12H,8-11,13H2,1H3,(H,20,23). The number of benzene rings is 1. The van der Waals surface area contributed by atoms with E-state index >= 15 is 0 Å². The Morgan fingerprint density at radius 3 is 2.62 bits per heavy atom. The summed E-state index contributed by atoms with van der Waals surface area (Å²) in [5.74, 6) is -0.404. The lowest BCUT2D eigenvalue weighted by Gasteiger charge is -2.21. The lowest BCUT2D eigenvalue weighted by Crippen LogP contribution is -2.39. The summed E-state index contributed by atoms with van der Waals surface area (Å²) in [6.45, 7) is 2.72. The highest BCUT2D eigenvalue weighted by atomic mass is 32.1. The lowest BCUT2D eigenvalue weighted by atomic mass is 10.1. The fraction of sp³-hybridized carbons (Fsp3) is 0.333. The Hall–Kier alpha value is -2.21. The second-order valence-electron chi connectivity index (χ2n) is 5.45. The summed E-state index contributed by atoms with van der Waals surface area (Å²) in [5, 5.41) is 4.75. The van der Waals surface area contributed by atoms with E-state index in [2.05, 4.69) is 5.32 Å². The normalized spacial score (nSPS) is 10.4. The predicted octanol–water partition coefficient (Wildman–Crippen LogP) is 2.64. The predicted molar refractivity (Wildman–Crippen MR) is 93.4 cm³/mol. The largest absolute Gasteiger partial charge is 0.354 e. The molecule has 0 saturated carbocycles. The fourth-order valence-corrected chi connectivity index (χ4v) is 3.05. The monoisotopic (exact) mass is 348 g/mol. The van der Waals surface area contributed by atoms with Crippen LogP contribution >= 0.6 is 11.3 Å². The van der Waals surface area contributed by atoms with E-state index in [4.69, 9.17) is 0 Å². The first-order valence-electron chi connectivity index (χ1n) is 7.84. The van der Waals surface area contributed by atoms with Crippen LogP contribution in [-0.4, -0.2) is 36.3 Å². The first kappa shape index (κ1) is 18.1. The Kier molecular flexibility index (Phi) is 6.93. The van der Waals surface area contributed by atoms with E-state index in [1.165, 1.54) is 13.0 Å². The van der Waals surface area contributed by atoms with Crippen LogP contribution in [0.15, 0.2) is 41.8 Å². The zero-order chi connectivity index (χ0) is 17.4. The number of halogens is 1. The van der Waals surface area contributed by atoms with Crippen molar-refractivity contribution in [3.05, 3.63) is 58.0 Å². The number of nitrogens with zero attached hydrogens (tertiary/aromatic N) is 1. The summed E-state index contributed by atoms with van der Waals surface area (Å²) in [7, 11) is 0. The molecular weight excluding hydrogens is 327 g/mol. The molecule has 1 aromatic carbocycles. The molecule has 6 heteroatoms. The van der Waals surface area contributed by atoms with Crippen molar-refractivity contribution < 1.29 is 14.0 Å². The van der Waals surface area contributed by atoms with Crippen molar-refractivity contribution in [1.82, 2.24) is 10.2 Å². The minimum atomic E-state index is -0.259. The highest BCUT2D eigenvalue weighted by Crippen LogP contribution is 2.09. The number of hydrogen-bond donors (Lipinski definition) is 1. The van der Waals surface area contributed by atoms with Gasteiger partial charge in [-0.3, -0.25) is 9.59 Å². The zero-order valence-corrected chi connectivity index (χ0v) is 14.4. The summed E-state index contributed by atoms with van der Waals surface area (Å²) >= 11 is 1.54. The molecule has 1 aromatic heterocycles. The van der Waals surface area contributed by atoms with Crippen molar-refractivity contribution in [2.75, 3.05) is 19.6 Å². The molecule has 0 fully saturated rings. The summed E-state index contributed by atoms with van der Waals surface area (Å²) in [6, 6.07) is 10.4. The van der Waals surface area contributed by atoms with Crippen LogP contribution in [0.5, 0.6) is 0 Å². The Labute approximate surface area is 145 Å². The lowest BCUT2D eigenvalue weighted by molar-refractivity contribution is -0.129. The van der Waals surface area contributed by atoms with Crippen LogP contribution in [0, 0.1) is 5.82 Å². The average molecular weight is 348 g/mol. The van der Waals surface area contributed by atoms with Gasteiger partial charge >= 0.3 is 0 Å². The highest BCUT2D eigenvalue weighted by molar-refractivity contribution is 7.10. The Morgan fingerprint density at radius 1 is 1.17 bits per heavy atom. The molecular formula is C18H21FN2O2S. The smallest absolute Gasteiger partial charge is 0.225 e. The van der Waals surface area contributed by atoms with Crippen LogP contribution in [0.25, 0.3) is 0 Å². The Morgan fingerprint density at radius 2 is 1.96 bits per heavy atom. The van der Waals surface area contributed by atoms with Crippen LogP contribution in [-0.2, 0) is 22.4 Å². The average Bonchev–Trinajstić information content (AvgIpc) is 3.04. The molecule has 2 amide bonds. The molecule has 24 heavy (non-hydrogen) atoms. The summed E-state index contributed by atoms with van der Waals surface area (Å²) < 4.78 is 13.6. The van der Waals surface area contributed by atoms with Gasteiger partial charge in [0.05, 0.1) is 6.42 Å². The van der Waals surface area contributed by atoms with Gasteiger partial charge in [-0.2, -0.15) is 0 Å². The summed E-state index contributed by atoms with van der Waals surface area (Å²) in [6.07, 6.45) is 0.808. The molecule has 2 rings (SSSR count). The number of amides is 2. The van der Waals surface area contributed by atoms with Gasteiger partial charge in [0.2, 0.25) is 11.8 Å². The van der Waals surface area contributed by atoms with Crippen molar-refractivity contribution in [2.24, 2.45) is 0 Å². The molecule has 128 valence electrons. The molecule has 0 spiro atoms. The quantitative estimate of drug-likeness (QED) is 0.797. The van der Waals surface area contributed by atoms with Gasteiger partial charge in [0, 0.05) is 31.4 Å². The topological polar surface area (TPSA) is 49.4 Å². The van der Waals surface area contributed by atoms with Crippen molar-refractivity contribution in [2.45, 2.75) is 19.8 Å². The van der Waals surface area contributed by atoms with Gasteiger partial charge in [-0.25, -0.2) is 4.39 Å². The fourth-order valence-electron chi connectivity index (χ4n) is 2.35. The van der Waals surface area contributed by atoms with Crippen LogP contribution in [0.3, 0.4) is 0 Å². The highest BCUT2D eigenvalue weighted by Gasteiger charge is 2.11. The van der Waals surface area contributed by atoms with Gasteiger partial charge in [-0.1, -0.05) is 24.3 Å². The van der Waals surface area contributed by atoms with Gasteiger partial charge in [-0.15, -0.1) is 11.3 Å². The van der Waals surface area contributed by atoms with E-state index in [-0.39, 0.29) is 17.6 Å². The molecule has 1 N–H and O–H groups in total. The molecule has 1 heterocycles. The molecule has 2 aromatic rings. The molecule has 0 saturated heterocycles. The number of rotatable bonds is 8. The van der Waals surface area contributed by atoms with E-state index < -0.39 is 0 Å². The third kappa shape index (κ3) is 5.77. The van der Waals surface area contributed by atoms with E-state index in [9.17, 15) is 14.0 Å². The molecule has 4 nitrogen and oxygen atoms in total. The van der Waals surface area contributed by atoms with Gasteiger partial charge in [0.25, 0.3) is 0 Å². The first-order chi connectivity index (χ1) is 11.6. The number of carbonyl (C=O) groups is 2. The van der Waals surface area contributed by atoms with Crippen molar-refractivity contribution in [1.29, 1.82) is 0 Å². The minimum absolute atomic E-state index is 0.0601. The van der Waals surface area contributed by atoms with Crippen molar-refractivity contribution in [3.8, 4) is 0 Å². The Balaban J connectivity index is 1.76. The maximum atomic E-state index is 13.6. The second-order valence-corrected chi connectivity index (χ2v) is 6.49. The molecule has 0 atom stereocenters. The number of nitrogens with one attached hydrogen (secondary N) is 1. The molecule has 0 unspecified atom stereocenters. The number of thiophene rings is 1. The van der Waals surface area contributed by atoms with Crippen LogP contribution < -0.4 is 5.32 Å². The third-order valence-corrected chi connectivity index (χ3v) is 4.55. The number of carbonyl (C=O) groups excluding carboxylic acids is 2. The van der Waals surface area contributed by atoms with Gasteiger partial charge in [0.1, 0.15) is 5.82 Å². The molecule has 0 bridgehead atoms. The third-order valence-electron chi connectivity index (χ3n) is 3.67.